The quantitative estimate of drug-likeness (QED) is 0.334. The summed E-state index contributed by atoms with van der Waals surface area (Å²) in [4.78, 5) is 43.7. The fraction of sp³-hybridized carbons (Fsp3) is 0.385. The number of fused-ring (bicyclic) bond motifs is 2. The van der Waals surface area contributed by atoms with E-state index in [-0.39, 0.29) is 29.9 Å². The second-order valence-corrected chi connectivity index (χ2v) is 11.4. The Bertz CT molecular complexity index is 1420. The van der Waals surface area contributed by atoms with E-state index in [4.69, 9.17) is 11.2 Å². The Labute approximate surface area is 222 Å². The van der Waals surface area contributed by atoms with Crippen LogP contribution in [0.4, 0.5) is 5.00 Å². The fourth-order valence-electron chi connectivity index (χ4n) is 4.12. The van der Waals surface area contributed by atoms with Crippen molar-refractivity contribution < 1.29 is 19.1 Å². The van der Waals surface area contributed by atoms with Crippen LogP contribution < -0.4 is 10.1 Å². The van der Waals surface area contributed by atoms with E-state index in [0.717, 1.165) is 51.9 Å². The first-order valence-corrected chi connectivity index (χ1v) is 14.5. The second-order valence-electron chi connectivity index (χ2n) is 8.33. The third kappa shape index (κ3) is 5.91. The Morgan fingerprint density at radius 1 is 1.22 bits per heavy atom. The largest absolute Gasteiger partial charge is 0.462 e. The molecule has 0 spiro atoms. The number of nitrogens with zero attached hydrogens (tertiary/aromatic N) is 2. The van der Waals surface area contributed by atoms with E-state index in [2.05, 4.69) is 16.2 Å². The number of anilines is 1. The minimum atomic E-state index is -0.396. The number of amides is 2. The van der Waals surface area contributed by atoms with Crippen LogP contribution in [0, 0.1) is 19.3 Å². The highest BCUT2D eigenvalue weighted by atomic mass is 32.2. The monoisotopic (exact) mass is 541 g/mol. The van der Waals surface area contributed by atoms with Crippen molar-refractivity contribution >= 4 is 67.4 Å². The van der Waals surface area contributed by atoms with Crippen molar-refractivity contribution in [1.82, 2.24) is 4.57 Å². The lowest BCUT2D eigenvalue weighted by molar-refractivity contribution is -0.115. The Kier molecular flexibility index (Phi) is 8.67. The number of esters is 1. The van der Waals surface area contributed by atoms with Crippen molar-refractivity contribution in [2.45, 2.75) is 46.1 Å². The van der Waals surface area contributed by atoms with E-state index >= 15 is 0 Å². The molecule has 0 unspecified atom stereocenters. The van der Waals surface area contributed by atoms with Crippen LogP contribution in [-0.2, 0) is 33.7 Å². The number of ether oxygens (including phenoxy) is 1. The van der Waals surface area contributed by atoms with Crippen molar-refractivity contribution in [2.75, 3.05) is 23.4 Å². The second kappa shape index (κ2) is 11.9. The number of terminal acetylenes is 1. The molecule has 2 aromatic heterocycles. The number of nitrogens with one attached hydrogen (secondary N) is 1. The molecule has 1 aliphatic rings. The highest BCUT2D eigenvalue weighted by Gasteiger charge is 2.27. The van der Waals surface area contributed by atoms with Crippen LogP contribution in [0.1, 0.15) is 46.1 Å². The van der Waals surface area contributed by atoms with Crippen molar-refractivity contribution in [2.24, 2.45) is 4.99 Å². The summed E-state index contributed by atoms with van der Waals surface area (Å²) in [5.41, 5.74) is 3.55. The molecule has 0 bridgehead atoms. The maximum absolute atomic E-state index is 12.6. The first-order valence-electron chi connectivity index (χ1n) is 11.7. The van der Waals surface area contributed by atoms with Crippen LogP contribution in [0.15, 0.2) is 23.2 Å². The smallest absolute Gasteiger partial charge is 0.341 e. The number of carbonyl (C=O) groups is 3. The molecule has 1 aliphatic carbocycles. The molecule has 36 heavy (non-hydrogen) atoms. The molecule has 10 heteroatoms. The topological polar surface area (TPSA) is 89.8 Å². The van der Waals surface area contributed by atoms with E-state index in [0.29, 0.717) is 21.9 Å². The maximum atomic E-state index is 12.6. The molecule has 188 valence electrons. The number of rotatable bonds is 8. The van der Waals surface area contributed by atoms with Crippen molar-refractivity contribution in [3.8, 4) is 12.3 Å². The average molecular weight is 542 g/mol. The van der Waals surface area contributed by atoms with E-state index in [1.807, 2.05) is 29.7 Å². The van der Waals surface area contributed by atoms with E-state index in [9.17, 15) is 14.4 Å². The number of benzene rings is 1. The highest BCUT2D eigenvalue weighted by Crippen LogP contribution is 2.38. The van der Waals surface area contributed by atoms with Crippen LogP contribution >= 0.6 is 34.4 Å². The van der Waals surface area contributed by atoms with E-state index < -0.39 is 5.97 Å². The number of aryl methyl sites for hydroxylation is 2. The summed E-state index contributed by atoms with van der Waals surface area (Å²) >= 11 is 4.05. The Balaban J connectivity index is 1.41. The summed E-state index contributed by atoms with van der Waals surface area (Å²) < 4.78 is 8.11. The normalized spacial score (nSPS) is 13.3. The van der Waals surface area contributed by atoms with Crippen LogP contribution in [0.3, 0.4) is 0 Å². The Hall–Kier alpha value is -2.87. The predicted octanol–water partition coefficient (Wildman–Crippen LogP) is 4.56. The van der Waals surface area contributed by atoms with Gasteiger partial charge in [0.2, 0.25) is 5.91 Å². The number of hydrogen-bond acceptors (Lipinski definition) is 7. The molecule has 0 saturated carbocycles. The minimum absolute atomic E-state index is 0.0580. The summed E-state index contributed by atoms with van der Waals surface area (Å²) in [7, 11) is 0. The maximum Gasteiger partial charge on any atom is 0.341 e. The van der Waals surface area contributed by atoms with Crippen LogP contribution in [0.5, 0.6) is 0 Å². The lowest BCUT2D eigenvalue weighted by Crippen LogP contribution is -2.19. The van der Waals surface area contributed by atoms with Gasteiger partial charge in [-0.15, -0.1) is 29.5 Å². The highest BCUT2D eigenvalue weighted by molar-refractivity contribution is 8.00. The number of hydrogen-bond donors (Lipinski definition) is 1. The van der Waals surface area contributed by atoms with Gasteiger partial charge in [0.25, 0.3) is 5.91 Å². The molecule has 1 N–H and O–H groups in total. The van der Waals surface area contributed by atoms with Gasteiger partial charge in [-0.1, -0.05) is 23.3 Å². The van der Waals surface area contributed by atoms with Crippen LogP contribution in [0.25, 0.3) is 10.2 Å². The Morgan fingerprint density at radius 3 is 2.81 bits per heavy atom. The molecule has 4 rings (SSSR count). The summed E-state index contributed by atoms with van der Waals surface area (Å²) in [6, 6.07) is 6.02. The van der Waals surface area contributed by atoms with Gasteiger partial charge in [0.05, 0.1) is 40.4 Å². The Morgan fingerprint density at radius 2 is 2.03 bits per heavy atom. The molecule has 0 atom stereocenters. The van der Waals surface area contributed by atoms with E-state index in [1.54, 1.807) is 6.92 Å². The van der Waals surface area contributed by atoms with Gasteiger partial charge in [-0.3, -0.25) is 9.59 Å². The first kappa shape index (κ1) is 26.2. The number of thioether (sulfide) groups is 1. The number of thiazole rings is 1. The molecule has 2 amide bonds. The average Bonchev–Trinajstić information content (AvgIpc) is 3.36. The van der Waals surface area contributed by atoms with Gasteiger partial charge in [0.15, 0.2) is 4.80 Å². The summed E-state index contributed by atoms with van der Waals surface area (Å²) in [6.07, 6.45) is 9.34. The molecule has 2 heterocycles. The zero-order valence-electron chi connectivity index (χ0n) is 20.2. The first-order chi connectivity index (χ1) is 17.4. The van der Waals surface area contributed by atoms with Crippen molar-refractivity contribution in [3.05, 3.63) is 44.6 Å². The minimum Gasteiger partial charge on any atom is -0.462 e. The lowest BCUT2D eigenvalue weighted by Gasteiger charge is -2.12. The molecule has 3 aromatic rings. The van der Waals surface area contributed by atoms with Crippen molar-refractivity contribution in [1.29, 1.82) is 0 Å². The van der Waals surface area contributed by atoms with Gasteiger partial charge >= 0.3 is 5.97 Å². The molecule has 0 radical (unpaired) electrons. The standard InChI is InChI=1S/C26H27N3O4S3/c1-4-12-29-18-11-10-16(3)13-20(18)36-26(29)28-22(31)15-34-14-21(30)27-24-23(25(32)33-5-2)17-8-6-7-9-19(17)35-24/h1,10-11,13H,5-9,12,14-15H2,2-3H3,(H,27,30). The number of aromatic nitrogens is 1. The summed E-state index contributed by atoms with van der Waals surface area (Å²) in [5.74, 6) is 1.75. The van der Waals surface area contributed by atoms with E-state index in [1.165, 1.54) is 34.4 Å². The number of carbonyl (C=O) groups excluding carboxylic acids is 3. The van der Waals surface area contributed by atoms with Crippen LogP contribution in [0.2, 0.25) is 0 Å². The van der Waals surface area contributed by atoms with Gasteiger partial charge in [0.1, 0.15) is 5.00 Å². The van der Waals surface area contributed by atoms with Gasteiger partial charge in [0, 0.05) is 4.88 Å². The third-order valence-electron chi connectivity index (χ3n) is 5.67. The predicted molar refractivity (Wildman–Crippen MR) is 147 cm³/mol. The van der Waals surface area contributed by atoms with Gasteiger partial charge < -0.3 is 14.6 Å². The lowest BCUT2D eigenvalue weighted by atomic mass is 9.95. The molecule has 7 nitrogen and oxygen atoms in total. The van der Waals surface area contributed by atoms with Gasteiger partial charge in [-0.2, -0.15) is 4.99 Å². The van der Waals surface area contributed by atoms with Crippen LogP contribution in [-0.4, -0.2) is 40.5 Å². The SMILES string of the molecule is C#CCn1c(=NC(=O)CSCC(=O)Nc2sc3c(c2C(=O)OCC)CCCC3)sc2cc(C)ccc21. The molecular formula is C26H27N3O4S3. The third-order valence-corrected chi connectivity index (χ3v) is 8.84. The molecular weight excluding hydrogens is 515 g/mol. The summed E-state index contributed by atoms with van der Waals surface area (Å²) in [6.45, 7) is 4.37. The summed E-state index contributed by atoms with van der Waals surface area (Å²) in [5, 5.41) is 3.41. The molecule has 0 saturated heterocycles. The molecule has 0 aliphatic heterocycles. The molecule has 1 aromatic carbocycles. The zero-order valence-corrected chi connectivity index (χ0v) is 22.7. The number of thiophene rings is 1. The van der Waals surface area contributed by atoms with Crippen molar-refractivity contribution in [3.63, 3.8) is 0 Å². The molecule has 0 fully saturated rings. The van der Waals surface area contributed by atoms with Gasteiger partial charge in [-0.05, 0) is 62.8 Å². The fourth-order valence-corrected chi connectivity index (χ4v) is 7.15. The van der Waals surface area contributed by atoms with Gasteiger partial charge in [-0.25, -0.2) is 4.79 Å². The zero-order chi connectivity index (χ0) is 25.7.